The lowest BCUT2D eigenvalue weighted by Crippen LogP contribution is -2.03. The van der Waals surface area contributed by atoms with E-state index in [0.717, 1.165) is 24.2 Å². The zero-order chi connectivity index (χ0) is 13.4. The summed E-state index contributed by atoms with van der Waals surface area (Å²) in [6, 6.07) is 5.48. The van der Waals surface area contributed by atoms with E-state index in [1.807, 2.05) is 6.07 Å². The number of aliphatic hydroxyl groups is 1. The zero-order valence-corrected chi connectivity index (χ0v) is 11.3. The number of halogens is 1. The standard InChI is InChI=1S/C13H14ClN3O2/c1-19-12-5-4-9(6-10(12)14)17-13(8-2-3-8)11(7-18)15-16-17/h4-6,8,18H,2-3,7H2,1H3. The molecule has 0 spiro atoms. The Morgan fingerprint density at radius 3 is 2.84 bits per heavy atom. The second kappa shape index (κ2) is 4.83. The van der Waals surface area contributed by atoms with Crippen LogP contribution in [-0.4, -0.2) is 27.2 Å². The van der Waals surface area contributed by atoms with Crippen LogP contribution in [0.4, 0.5) is 0 Å². The number of aromatic nitrogens is 3. The molecule has 1 fully saturated rings. The highest BCUT2D eigenvalue weighted by molar-refractivity contribution is 6.32. The molecule has 100 valence electrons. The molecule has 19 heavy (non-hydrogen) atoms. The summed E-state index contributed by atoms with van der Waals surface area (Å²) < 4.78 is 6.89. The van der Waals surface area contributed by atoms with Gasteiger partial charge in [0.1, 0.15) is 11.4 Å². The number of methoxy groups -OCH3 is 1. The average Bonchev–Trinajstić information content (AvgIpc) is 3.17. The van der Waals surface area contributed by atoms with Gasteiger partial charge in [0, 0.05) is 5.92 Å². The Balaban J connectivity index is 2.06. The second-order valence-electron chi connectivity index (χ2n) is 4.58. The summed E-state index contributed by atoms with van der Waals surface area (Å²) >= 11 is 6.13. The van der Waals surface area contributed by atoms with Crippen LogP contribution in [-0.2, 0) is 6.61 Å². The van der Waals surface area contributed by atoms with Gasteiger partial charge in [0.2, 0.25) is 0 Å². The van der Waals surface area contributed by atoms with E-state index in [-0.39, 0.29) is 6.61 Å². The lowest BCUT2D eigenvalue weighted by Gasteiger charge is -2.09. The van der Waals surface area contributed by atoms with E-state index in [2.05, 4.69) is 10.3 Å². The van der Waals surface area contributed by atoms with Gasteiger partial charge >= 0.3 is 0 Å². The Kier molecular flexibility index (Phi) is 3.16. The quantitative estimate of drug-likeness (QED) is 0.933. The molecule has 0 atom stereocenters. The Bertz CT molecular complexity index is 608. The van der Waals surface area contributed by atoms with Crippen molar-refractivity contribution in [2.45, 2.75) is 25.4 Å². The fraction of sp³-hybridized carbons (Fsp3) is 0.385. The third-order valence-corrected chi connectivity index (χ3v) is 3.57. The van der Waals surface area contributed by atoms with Crippen molar-refractivity contribution in [2.24, 2.45) is 0 Å². The van der Waals surface area contributed by atoms with E-state index in [1.165, 1.54) is 0 Å². The molecule has 1 N–H and O–H groups in total. The van der Waals surface area contributed by atoms with E-state index >= 15 is 0 Å². The summed E-state index contributed by atoms with van der Waals surface area (Å²) in [5.74, 6) is 1.07. The van der Waals surface area contributed by atoms with Gasteiger partial charge in [-0.25, -0.2) is 4.68 Å². The third-order valence-electron chi connectivity index (χ3n) is 3.27. The molecule has 1 aromatic carbocycles. The topological polar surface area (TPSA) is 60.2 Å². The molecule has 0 unspecified atom stereocenters. The van der Waals surface area contributed by atoms with Crippen molar-refractivity contribution in [3.05, 3.63) is 34.6 Å². The van der Waals surface area contributed by atoms with Gasteiger partial charge in [-0.05, 0) is 31.0 Å². The van der Waals surface area contributed by atoms with Crippen molar-refractivity contribution < 1.29 is 9.84 Å². The van der Waals surface area contributed by atoms with Crippen LogP contribution in [0.3, 0.4) is 0 Å². The monoisotopic (exact) mass is 279 g/mol. The van der Waals surface area contributed by atoms with E-state index in [4.69, 9.17) is 16.3 Å². The molecule has 0 radical (unpaired) electrons. The minimum atomic E-state index is -0.0876. The van der Waals surface area contributed by atoms with Gasteiger partial charge in [-0.3, -0.25) is 0 Å². The molecule has 6 heteroatoms. The van der Waals surface area contributed by atoms with Gasteiger partial charge in [-0.15, -0.1) is 5.10 Å². The minimum Gasteiger partial charge on any atom is -0.495 e. The van der Waals surface area contributed by atoms with Gasteiger partial charge in [0.05, 0.1) is 30.1 Å². The highest BCUT2D eigenvalue weighted by atomic mass is 35.5. The molecule has 5 nitrogen and oxygen atoms in total. The highest BCUT2D eigenvalue weighted by Crippen LogP contribution is 2.42. The number of hydrogen-bond donors (Lipinski definition) is 1. The first-order valence-electron chi connectivity index (χ1n) is 6.14. The molecule has 2 aromatic rings. The lowest BCUT2D eigenvalue weighted by molar-refractivity contribution is 0.275. The molecule has 1 aliphatic rings. The van der Waals surface area contributed by atoms with Crippen molar-refractivity contribution in [3.8, 4) is 11.4 Å². The van der Waals surface area contributed by atoms with Gasteiger partial charge in [-0.1, -0.05) is 16.8 Å². The Morgan fingerprint density at radius 1 is 1.47 bits per heavy atom. The predicted molar refractivity (Wildman–Crippen MR) is 70.8 cm³/mol. The summed E-state index contributed by atoms with van der Waals surface area (Å²) in [6.07, 6.45) is 2.23. The molecule has 0 aliphatic heterocycles. The average molecular weight is 280 g/mol. The second-order valence-corrected chi connectivity index (χ2v) is 4.99. The molecule has 1 aliphatic carbocycles. The van der Waals surface area contributed by atoms with Crippen molar-refractivity contribution in [3.63, 3.8) is 0 Å². The summed E-state index contributed by atoms with van der Waals surface area (Å²) in [7, 11) is 1.58. The summed E-state index contributed by atoms with van der Waals surface area (Å²) in [4.78, 5) is 0. The van der Waals surface area contributed by atoms with Crippen molar-refractivity contribution in [1.82, 2.24) is 15.0 Å². The number of nitrogens with zero attached hydrogens (tertiary/aromatic N) is 3. The molecule has 0 amide bonds. The van der Waals surface area contributed by atoms with E-state index in [1.54, 1.807) is 23.9 Å². The Labute approximate surface area is 115 Å². The number of benzene rings is 1. The predicted octanol–water partition coefficient (Wildman–Crippen LogP) is 2.30. The molecule has 0 bridgehead atoms. The smallest absolute Gasteiger partial charge is 0.137 e. The first-order valence-corrected chi connectivity index (χ1v) is 6.51. The van der Waals surface area contributed by atoms with Crippen LogP contribution in [0.15, 0.2) is 18.2 Å². The van der Waals surface area contributed by atoms with Crippen LogP contribution in [0.1, 0.15) is 30.1 Å². The zero-order valence-electron chi connectivity index (χ0n) is 10.5. The molecule has 1 heterocycles. The summed E-state index contributed by atoms with van der Waals surface area (Å²) in [5, 5.41) is 18.0. The van der Waals surface area contributed by atoms with Crippen LogP contribution in [0, 0.1) is 0 Å². The molecule has 3 rings (SSSR count). The first-order chi connectivity index (χ1) is 9.24. The first kappa shape index (κ1) is 12.4. The normalized spacial score (nSPS) is 14.7. The van der Waals surface area contributed by atoms with E-state index in [0.29, 0.717) is 22.4 Å². The van der Waals surface area contributed by atoms with Crippen LogP contribution in [0.5, 0.6) is 5.75 Å². The van der Waals surface area contributed by atoms with Gasteiger partial charge in [-0.2, -0.15) is 0 Å². The molecule has 1 saturated carbocycles. The largest absolute Gasteiger partial charge is 0.495 e. The van der Waals surface area contributed by atoms with Crippen LogP contribution >= 0.6 is 11.6 Å². The van der Waals surface area contributed by atoms with Crippen molar-refractivity contribution in [1.29, 1.82) is 0 Å². The number of ether oxygens (including phenoxy) is 1. The van der Waals surface area contributed by atoms with E-state index < -0.39 is 0 Å². The third kappa shape index (κ3) is 2.19. The fourth-order valence-electron chi connectivity index (χ4n) is 2.18. The van der Waals surface area contributed by atoms with Crippen LogP contribution in [0.25, 0.3) is 5.69 Å². The SMILES string of the molecule is COc1ccc(-n2nnc(CO)c2C2CC2)cc1Cl. The Hall–Kier alpha value is -1.59. The van der Waals surface area contributed by atoms with Gasteiger partial charge in [0.25, 0.3) is 0 Å². The highest BCUT2D eigenvalue weighted by Gasteiger charge is 2.31. The maximum absolute atomic E-state index is 9.33. The summed E-state index contributed by atoms with van der Waals surface area (Å²) in [6.45, 7) is -0.0876. The molecule has 0 saturated heterocycles. The Morgan fingerprint density at radius 2 is 2.26 bits per heavy atom. The number of rotatable bonds is 4. The maximum atomic E-state index is 9.33. The number of aliphatic hydroxyl groups excluding tert-OH is 1. The van der Waals surface area contributed by atoms with Crippen molar-refractivity contribution >= 4 is 11.6 Å². The van der Waals surface area contributed by atoms with E-state index in [9.17, 15) is 5.11 Å². The molecular weight excluding hydrogens is 266 g/mol. The lowest BCUT2D eigenvalue weighted by atomic mass is 10.2. The molecule has 1 aromatic heterocycles. The van der Waals surface area contributed by atoms with Crippen LogP contribution < -0.4 is 4.74 Å². The fourth-order valence-corrected chi connectivity index (χ4v) is 2.43. The van der Waals surface area contributed by atoms with Gasteiger partial charge in [0.15, 0.2) is 0 Å². The minimum absolute atomic E-state index is 0.0876. The van der Waals surface area contributed by atoms with Crippen molar-refractivity contribution in [2.75, 3.05) is 7.11 Å². The summed E-state index contributed by atoms with van der Waals surface area (Å²) in [5.41, 5.74) is 2.47. The maximum Gasteiger partial charge on any atom is 0.137 e. The van der Waals surface area contributed by atoms with Gasteiger partial charge < -0.3 is 9.84 Å². The number of hydrogen-bond acceptors (Lipinski definition) is 4. The molecular formula is C13H14ClN3O2. The van der Waals surface area contributed by atoms with Crippen LogP contribution in [0.2, 0.25) is 5.02 Å².